The predicted octanol–water partition coefficient (Wildman–Crippen LogP) is 2.42. The zero-order valence-corrected chi connectivity index (χ0v) is 15.2. The second-order valence-electron chi connectivity index (χ2n) is 5.68. The van der Waals surface area contributed by atoms with Crippen molar-refractivity contribution in [3.8, 4) is 5.75 Å². The highest BCUT2D eigenvalue weighted by Gasteiger charge is 2.46. The molecule has 1 heterocycles. The molecular formula is C18H13ClFN3O5. The average molecular weight is 406 g/mol. The summed E-state index contributed by atoms with van der Waals surface area (Å²) in [5.74, 6) is -3.40. The van der Waals surface area contributed by atoms with E-state index in [4.69, 9.17) is 16.3 Å². The Kier molecular flexibility index (Phi) is 5.27. The number of carbonyl (C=O) groups excluding carboxylic acids is 4. The van der Waals surface area contributed by atoms with E-state index in [1.807, 2.05) is 0 Å². The van der Waals surface area contributed by atoms with Crippen LogP contribution in [0.3, 0.4) is 0 Å². The maximum Gasteiger partial charge on any atom is 0.339 e. The van der Waals surface area contributed by atoms with Crippen molar-refractivity contribution < 1.29 is 28.3 Å². The van der Waals surface area contributed by atoms with E-state index < -0.39 is 36.1 Å². The Bertz CT molecular complexity index is 980. The number of nitrogens with one attached hydrogen (secondary N) is 1. The molecule has 10 heteroatoms. The smallest absolute Gasteiger partial charge is 0.339 e. The SMILES string of the molecule is COc1ccc(N2C(=O)C(=O)N(CC(=O)Nc3ccc(Cl)cc3F)C2=O)cc1. The number of carbonyl (C=O) groups is 4. The fraction of sp³-hybridized carbons (Fsp3) is 0.111. The van der Waals surface area contributed by atoms with Crippen LogP contribution in [0.1, 0.15) is 0 Å². The number of hydrogen-bond donors (Lipinski definition) is 1. The Morgan fingerprint density at radius 2 is 1.79 bits per heavy atom. The summed E-state index contributed by atoms with van der Waals surface area (Å²) in [4.78, 5) is 50.1. The number of rotatable bonds is 5. The van der Waals surface area contributed by atoms with E-state index >= 15 is 0 Å². The maximum atomic E-state index is 13.8. The number of ether oxygens (including phenoxy) is 1. The molecule has 1 N–H and O–H groups in total. The number of urea groups is 1. The van der Waals surface area contributed by atoms with Gasteiger partial charge in [-0.1, -0.05) is 11.6 Å². The molecule has 0 radical (unpaired) electrons. The zero-order valence-electron chi connectivity index (χ0n) is 14.4. The number of benzene rings is 2. The fourth-order valence-electron chi connectivity index (χ4n) is 2.53. The molecule has 144 valence electrons. The van der Waals surface area contributed by atoms with Crippen molar-refractivity contribution in [1.82, 2.24) is 4.90 Å². The van der Waals surface area contributed by atoms with Crippen molar-refractivity contribution >= 4 is 46.7 Å². The zero-order chi connectivity index (χ0) is 20.4. The highest BCUT2D eigenvalue weighted by molar-refractivity contribution is 6.53. The lowest BCUT2D eigenvalue weighted by Gasteiger charge is -2.15. The van der Waals surface area contributed by atoms with Crippen LogP contribution in [0.15, 0.2) is 42.5 Å². The molecule has 0 saturated carbocycles. The van der Waals surface area contributed by atoms with Crippen molar-refractivity contribution in [2.24, 2.45) is 0 Å². The molecule has 5 amide bonds. The first-order valence-corrected chi connectivity index (χ1v) is 8.28. The molecule has 2 aromatic rings. The van der Waals surface area contributed by atoms with E-state index in [1.54, 1.807) is 0 Å². The van der Waals surface area contributed by atoms with Gasteiger partial charge in [-0.3, -0.25) is 14.4 Å². The van der Waals surface area contributed by atoms with E-state index in [2.05, 4.69) is 5.32 Å². The molecule has 8 nitrogen and oxygen atoms in total. The van der Waals surface area contributed by atoms with Gasteiger partial charge in [0.25, 0.3) is 0 Å². The molecule has 1 aliphatic heterocycles. The van der Waals surface area contributed by atoms with Gasteiger partial charge < -0.3 is 10.1 Å². The minimum absolute atomic E-state index is 0.140. The highest BCUT2D eigenvalue weighted by atomic mass is 35.5. The fourth-order valence-corrected chi connectivity index (χ4v) is 2.69. The Hall–Kier alpha value is -3.46. The molecule has 0 aliphatic carbocycles. The second-order valence-corrected chi connectivity index (χ2v) is 6.12. The molecule has 3 rings (SSSR count). The van der Waals surface area contributed by atoms with Gasteiger partial charge in [-0.25, -0.2) is 19.0 Å². The van der Waals surface area contributed by atoms with Crippen molar-refractivity contribution in [3.63, 3.8) is 0 Å². The molecule has 1 aliphatic rings. The van der Waals surface area contributed by atoms with Crippen LogP contribution < -0.4 is 15.0 Å². The number of amides is 5. The van der Waals surface area contributed by atoms with Crippen LogP contribution >= 0.6 is 11.6 Å². The highest BCUT2D eigenvalue weighted by Crippen LogP contribution is 2.25. The average Bonchev–Trinajstić information content (AvgIpc) is 2.87. The largest absolute Gasteiger partial charge is 0.497 e. The third-order valence-corrected chi connectivity index (χ3v) is 4.13. The topological polar surface area (TPSA) is 96.0 Å². The molecule has 0 atom stereocenters. The summed E-state index contributed by atoms with van der Waals surface area (Å²) in [5, 5.41) is 2.36. The molecule has 2 aromatic carbocycles. The molecule has 28 heavy (non-hydrogen) atoms. The summed E-state index contributed by atoms with van der Waals surface area (Å²) in [6.07, 6.45) is 0. The summed E-state index contributed by atoms with van der Waals surface area (Å²) in [5.41, 5.74) is -0.0253. The maximum absolute atomic E-state index is 13.8. The number of halogens is 2. The lowest BCUT2D eigenvalue weighted by atomic mass is 10.3. The number of methoxy groups -OCH3 is 1. The lowest BCUT2D eigenvalue weighted by Crippen LogP contribution is -2.39. The summed E-state index contributed by atoms with van der Waals surface area (Å²) < 4.78 is 18.8. The molecule has 0 aromatic heterocycles. The number of imide groups is 2. The van der Waals surface area contributed by atoms with Gasteiger partial charge >= 0.3 is 17.8 Å². The minimum atomic E-state index is -1.16. The van der Waals surface area contributed by atoms with Gasteiger partial charge in [-0.2, -0.15) is 0 Å². The summed E-state index contributed by atoms with van der Waals surface area (Å²) in [6.45, 7) is -0.752. The summed E-state index contributed by atoms with van der Waals surface area (Å²) >= 11 is 5.64. The van der Waals surface area contributed by atoms with Crippen LogP contribution in [-0.2, 0) is 14.4 Å². The van der Waals surface area contributed by atoms with E-state index in [0.29, 0.717) is 15.5 Å². The predicted molar refractivity (Wildman–Crippen MR) is 97.6 cm³/mol. The van der Waals surface area contributed by atoms with Crippen LogP contribution in [-0.4, -0.2) is 42.3 Å². The van der Waals surface area contributed by atoms with Crippen molar-refractivity contribution in [1.29, 1.82) is 0 Å². The first kappa shape index (κ1) is 19.3. The number of nitrogens with zero attached hydrogens (tertiary/aromatic N) is 2. The lowest BCUT2D eigenvalue weighted by molar-refractivity contribution is -0.140. The standard InChI is InChI=1S/C18H13ClFN3O5/c1-28-12-5-3-11(4-6-12)23-17(26)16(25)22(18(23)27)9-15(24)21-14-7-2-10(19)8-13(14)20/h2-8H,9H2,1H3,(H,21,24). The molecular weight excluding hydrogens is 393 g/mol. The van der Waals surface area contributed by atoms with Gasteiger partial charge in [0.1, 0.15) is 18.1 Å². The number of anilines is 2. The Balaban J connectivity index is 1.75. The molecule has 0 unspecified atom stereocenters. The van der Waals surface area contributed by atoms with Crippen molar-refractivity contribution in [2.75, 3.05) is 23.9 Å². The molecule has 1 fully saturated rings. The van der Waals surface area contributed by atoms with Crippen LogP contribution in [0.4, 0.5) is 20.6 Å². The van der Waals surface area contributed by atoms with Crippen LogP contribution in [0, 0.1) is 5.82 Å². The third kappa shape index (κ3) is 3.65. The Morgan fingerprint density at radius 3 is 2.39 bits per heavy atom. The second kappa shape index (κ2) is 7.65. The molecule has 0 bridgehead atoms. The van der Waals surface area contributed by atoms with Gasteiger partial charge in [0.15, 0.2) is 0 Å². The Morgan fingerprint density at radius 1 is 1.11 bits per heavy atom. The summed E-state index contributed by atoms with van der Waals surface area (Å²) in [7, 11) is 1.45. The van der Waals surface area contributed by atoms with Gasteiger partial charge in [-0.15, -0.1) is 0 Å². The quantitative estimate of drug-likeness (QED) is 0.608. The Labute approximate surface area is 163 Å². The third-order valence-electron chi connectivity index (χ3n) is 3.89. The first-order chi connectivity index (χ1) is 13.3. The van der Waals surface area contributed by atoms with Crippen molar-refractivity contribution in [3.05, 3.63) is 53.3 Å². The van der Waals surface area contributed by atoms with Gasteiger partial charge in [-0.05, 0) is 42.5 Å². The first-order valence-electron chi connectivity index (χ1n) is 7.90. The monoisotopic (exact) mass is 405 g/mol. The van der Waals surface area contributed by atoms with Crippen LogP contribution in [0.25, 0.3) is 0 Å². The molecule has 0 spiro atoms. The van der Waals surface area contributed by atoms with Gasteiger partial charge in [0.2, 0.25) is 5.91 Å². The van der Waals surface area contributed by atoms with E-state index in [1.165, 1.54) is 43.5 Å². The molecule has 1 saturated heterocycles. The van der Waals surface area contributed by atoms with Gasteiger partial charge in [0, 0.05) is 5.02 Å². The summed E-state index contributed by atoms with van der Waals surface area (Å²) in [6, 6.07) is 8.49. The minimum Gasteiger partial charge on any atom is -0.497 e. The van der Waals surface area contributed by atoms with Crippen molar-refractivity contribution in [2.45, 2.75) is 0 Å². The number of hydrogen-bond acceptors (Lipinski definition) is 5. The van der Waals surface area contributed by atoms with Crippen LogP contribution in [0.2, 0.25) is 5.02 Å². The van der Waals surface area contributed by atoms with Crippen LogP contribution in [0.5, 0.6) is 5.75 Å². The van der Waals surface area contributed by atoms with Gasteiger partial charge in [0.05, 0.1) is 18.5 Å². The normalized spacial score (nSPS) is 13.9. The van der Waals surface area contributed by atoms with E-state index in [0.717, 1.165) is 6.07 Å². The van der Waals surface area contributed by atoms with E-state index in [9.17, 15) is 23.6 Å². The van der Waals surface area contributed by atoms with E-state index in [-0.39, 0.29) is 16.4 Å².